The van der Waals surface area contributed by atoms with Gasteiger partial charge in [-0.1, -0.05) is 13.8 Å². The van der Waals surface area contributed by atoms with Gasteiger partial charge in [0.1, 0.15) is 11.5 Å². The molecular formula is C16H28N2O. The van der Waals surface area contributed by atoms with Gasteiger partial charge in [0.05, 0.1) is 6.54 Å². The first-order chi connectivity index (χ1) is 9.00. The summed E-state index contributed by atoms with van der Waals surface area (Å²) in [6.45, 7) is 9.79. The average molecular weight is 264 g/mol. The van der Waals surface area contributed by atoms with Crippen LogP contribution in [0.4, 0.5) is 0 Å². The number of hydrogen-bond acceptors (Lipinski definition) is 3. The Morgan fingerprint density at radius 1 is 1.42 bits per heavy atom. The molecule has 1 unspecified atom stereocenters. The minimum absolute atomic E-state index is 0.346. The SMILES string of the molecule is CCC(C)(CNC1CC1)CN(C)Cc1ccc(C)o1. The van der Waals surface area contributed by atoms with Crippen LogP contribution < -0.4 is 5.32 Å². The van der Waals surface area contributed by atoms with Crippen LogP contribution in [0.3, 0.4) is 0 Å². The minimum Gasteiger partial charge on any atom is -0.465 e. The van der Waals surface area contributed by atoms with Crippen LogP contribution in [0, 0.1) is 12.3 Å². The molecule has 1 aromatic heterocycles. The zero-order chi connectivity index (χ0) is 13.9. The number of rotatable bonds is 8. The lowest BCUT2D eigenvalue weighted by atomic mass is 9.86. The summed E-state index contributed by atoms with van der Waals surface area (Å²) in [4.78, 5) is 2.37. The van der Waals surface area contributed by atoms with Crippen molar-refractivity contribution in [1.29, 1.82) is 0 Å². The van der Waals surface area contributed by atoms with E-state index in [0.717, 1.165) is 37.2 Å². The van der Waals surface area contributed by atoms with Crippen LogP contribution in [-0.2, 0) is 6.54 Å². The molecule has 19 heavy (non-hydrogen) atoms. The maximum Gasteiger partial charge on any atom is 0.118 e. The highest BCUT2D eigenvalue weighted by molar-refractivity contribution is 5.05. The quantitative estimate of drug-likeness (QED) is 0.781. The first-order valence-corrected chi connectivity index (χ1v) is 7.48. The largest absolute Gasteiger partial charge is 0.465 e. The molecule has 1 fully saturated rings. The molecule has 0 spiro atoms. The molecule has 1 aliphatic rings. The van der Waals surface area contributed by atoms with Crippen molar-refractivity contribution in [2.45, 2.75) is 52.6 Å². The first-order valence-electron chi connectivity index (χ1n) is 7.48. The van der Waals surface area contributed by atoms with Gasteiger partial charge in [-0.2, -0.15) is 0 Å². The van der Waals surface area contributed by atoms with Crippen LogP contribution in [0.5, 0.6) is 0 Å². The van der Waals surface area contributed by atoms with E-state index in [-0.39, 0.29) is 0 Å². The fourth-order valence-corrected chi connectivity index (χ4v) is 2.51. The van der Waals surface area contributed by atoms with E-state index in [2.05, 4.69) is 37.2 Å². The van der Waals surface area contributed by atoms with Gasteiger partial charge in [-0.3, -0.25) is 4.90 Å². The molecule has 0 radical (unpaired) electrons. The van der Waals surface area contributed by atoms with E-state index in [0.29, 0.717) is 5.41 Å². The smallest absolute Gasteiger partial charge is 0.118 e. The average Bonchev–Trinajstić information content (AvgIpc) is 3.10. The second kappa shape index (κ2) is 6.10. The van der Waals surface area contributed by atoms with E-state index >= 15 is 0 Å². The number of furan rings is 1. The molecule has 0 amide bonds. The van der Waals surface area contributed by atoms with Gasteiger partial charge in [-0.05, 0) is 50.8 Å². The lowest BCUT2D eigenvalue weighted by Crippen LogP contribution is -2.41. The molecule has 1 heterocycles. The van der Waals surface area contributed by atoms with Gasteiger partial charge in [-0.25, -0.2) is 0 Å². The summed E-state index contributed by atoms with van der Waals surface area (Å²) < 4.78 is 5.65. The van der Waals surface area contributed by atoms with Crippen molar-refractivity contribution < 1.29 is 4.42 Å². The lowest BCUT2D eigenvalue weighted by Gasteiger charge is -2.33. The van der Waals surface area contributed by atoms with Gasteiger partial charge in [0.2, 0.25) is 0 Å². The van der Waals surface area contributed by atoms with E-state index in [4.69, 9.17) is 4.42 Å². The molecule has 0 aromatic carbocycles. The predicted molar refractivity (Wildman–Crippen MR) is 79.2 cm³/mol. The molecule has 2 rings (SSSR count). The zero-order valence-electron chi connectivity index (χ0n) is 12.8. The fraction of sp³-hybridized carbons (Fsp3) is 0.750. The molecule has 3 nitrogen and oxygen atoms in total. The number of nitrogens with zero attached hydrogens (tertiary/aromatic N) is 1. The molecule has 3 heteroatoms. The molecule has 0 saturated heterocycles. The van der Waals surface area contributed by atoms with Gasteiger partial charge >= 0.3 is 0 Å². The maximum absolute atomic E-state index is 5.65. The Labute approximate surface area is 117 Å². The molecule has 1 aliphatic carbocycles. The number of hydrogen-bond donors (Lipinski definition) is 1. The standard InChI is InChI=1S/C16H28N2O/c1-5-16(3,11-17-14-7-8-14)12-18(4)10-15-9-6-13(2)19-15/h6,9,14,17H,5,7-8,10-12H2,1-4H3. The van der Waals surface area contributed by atoms with E-state index in [1.807, 2.05) is 13.0 Å². The number of nitrogens with one attached hydrogen (secondary N) is 1. The van der Waals surface area contributed by atoms with Crippen molar-refractivity contribution in [3.63, 3.8) is 0 Å². The highest BCUT2D eigenvalue weighted by atomic mass is 16.3. The summed E-state index contributed by atoms with van der Waals surface area (Å²) in [7, 11) is 2.18. The third-order valence-electron chi connectivity index (χ3n) is 4.12. The van der Waals surface area contributed by atoms with Crippen LogP contribution >= 0.6 is 0 Å². The Bertz CT molecular complexity index is 397. The van der Waals surface area contributed by atoms with Crippen LogP contribution in [-0.4, -0.2) is 31.1 Å². The van der Waals surface area contributed by atoms with Crippen molar-refractivity contribution in [1.82, 2.24) is 10.2 Å². The van der Waals surface area contributed by atoms with Crippen molar-refractivity contribution in [3.8, 4) is 0 Å². The monoisotopic (exact) mass is 264 g/mol. The van der Waals surface area contributed by atoms with Gasteiger partial charge in [0.15, 0.2) is 0 Å². The predicted octanol–water partition coefficient (Wildman–Crippen LogP) is 3.19. The van der Waals surface area contributed by atoms with Crippen molar-refractivity contribution >= 4 is 0 Å². The molecule has 108 valence electrons. The van der Waals surface area contributed by atoms with E-state index in [1.165, 1.54) is 19.3 Å². The Morgan fingerprint density at radius 3 is 2.68 bits per heavy atom. The molecule has 0 bridgehead atoms. The summed E-state index contributed by atoms with van der Waals surface area (Å²) in [5.41, 5.74) is 0.346. The van der Waals surface area contributed by atoms with Crippen LogP contribution in [0.2, 0.25) is 0 Å². The first kappa shape index (κ1) is 14.6. The molecule has 1 N–H and O–H groups in total. The summed E-state index contributed by atoms with van der Waals surface area (Å²) in [6, 6.07) is 4.91. The second-order valence-corrected chi connectivity index (χ2v) is 6.50. The third-order valence-corrected chi connectivity index (χ3v) is 4.12. The molecule has 1 atom stereocenters. The molecular weight excluding hydrogens is 236 g/mol. The Morgan fingerprint density at radius 2 is 2.16 bits per heavy atom. The van der Waals surface area contributed by atoms with E-state index in [9.17, 15) is 0 Å². The Hall–Kier alpha value is -0.800. The van der Waals surface area contributed by atoms with Crippen molar-refractivity contribution in [2.75, 3.05) is 20.1 Å². The van der Waals surface area contributed by atoms with E-state index < -0.39 is 0 Å². The summed E-state index contributed by atoms with van der Waals surface area (Å²) in [5, 5.41) is 3.67. The Balaban J connectivity index is 1.81. The Kier molecular flexibility index (Phi) is 4.69. The van der Waals surface area contributed by atoms with Gasteiger partial charge in [-0.15, -0.1) is 0 Å². The summed E-state index contributed by atoms with van der Waals surface area (Å²) in [6.07, 6.45) is 3.93. The minimum atomic E-state index is 0.346. The summed E-state index contributed by atoms with van der Waals surface area (Å²) >= 11 is 0. The topological polar surface area (TPSA) is 28.4 Å². The van der Waals surface area contributed by atoms with Crippen molar-refractivity contribution in [2.24, 2.45) is 5.41 Å². The van der Waals surface area contributed by atoms with Crippen LogP contribution in [0.25, 0.3) is 0 Å². The van der Waals surface area contributed by atoms with Gasteiger partial charge in [0.25, 0.3) is 0 Å². The third kappa shape index (κ3) is 4.66. The van der Waals surface area contributed by atoms with E-state index in [1.54, 1.807) is 0 Å². The van der Waals surface area contributed by atoms with Crippen LogP contribution in [0.1, 0.15) is 44.6 Å². The summed E-state index contributed by atoms with van der Waals surface area (Å²) in [5.74, 6) is 2.06. The lowest BCUT2D eigenvalue weighted by molar-refractivity contribution is 0.166. The van der Waals surface area contributed by atoms with Gasteiger partial charge in [0, 0.05) is 19.1 Å². The van der Waals surface area contributed by atoms with Crippen LogP contribution in [0.15, 0.2) is 16.5 Å². The molecule has 1 aromatic rings. The van der Waals surface area contributed by atoms with Gasteiger partial charge < -0.3 is 9.73 Å². The highest BCUT2D eigenvalue weighted by Crippen LogP contribution is 2.25. The fourth-order valence-electron chi connectivity index (χ4n) is 2.51. The van der Waals surface area contributed by atoms with Crippen molar-refractivity contribution in [3.05, 3.63) is 23.7 Å². The highest BCUT2D eigenvalue weighted by Gasteiger charge is 2.28. The normalized spacial score (nSPS) is 18.8. The molecule has 1 saturated carbocycles. The zero-order valence-corrected chi connectivity index (χ0v) is 12.8. The molecule has 0 aliphatic heterocycles. The number of aryl methyl sites for hydroxylation is 1. The second-order valence-electron chi connectivity index (χ2n) is 6.50. The maximum atomic E-state index is 5.65.